The van der Waals surface area contributed by atoms with Gasteiger partial charge in [-0.1, -0.05) is 6.92 Å². The van der Waals surface area contributed by atoms with Crippen LogP contribution in [0.1, 0.15) is 13.3 Å². The molecule has 0 saturated carbocycles. The largest absolute Gasteiger partial charge is 0.331 e. The Morgan fingerprint density at radius 2 is 1.89 bits per heavy atom. The topological polar surface area (TPSA) is 104 Å². The van der Waals surface area contributed by atoms with Crippen LogP contribution < -0.4 is 17.0 Å². The molecule has 2 N–H and O–H groups in total. The first-order chi connectivity index (χ1) is 8.91. The number of hydrogen-bond acceptors (Lipinski definition) is 5. The molecule has 0 fully saturated rings. The van der Waals surface area contributed by atoms with Crippen molar-refractivity contribution in [3.63, 3.8) is 0 Å². The van der Waals surface area contributed by atoms with E-state index in [2.05, 4.69) is 0 Å². The monoisotopic (exact) mass is 289 g/mol. The Morgan fingerprint density at radius 1 is 1.21 bits per heavy atom. The van der Waals surface area contributed by atoms with E-state index >= 15 is 0 Å². The van der Waals surface area contributed by atoms with Crippen LogP contribution in [0.4, 0.5) is 0 Å². The van der Waals surface area contributed by atoms with Gasteiger partial charge in [-0.15, -0.1) is 0 Å². The number of nitrogens with zero attached hydrogens (tertiary/aromatic N) is 2. The van der Waals surface area contributed by atoms with Gasteiger partial charge in [-0.05, 0) is 6.42 Å². The molecule has 0 radical (unpaired) electrons. The molecule has 1 aromatic rings. The number of hydrogen-bond donors (Lipinski definition) is 1. The molecule has 0 aromatic carbocycles. The molecule has 1 rings (SSSR count). The van der Waals surface area contributed by atoms with Crippen molar-refractivity contribution in [1.29, 1.82) is 0 Å². The van der Waals surface area contributed by atoms with Crippen molar-refractivity contribution in [3.05, 3.63) is 33.1 Å². The maximum atomic E-state index is 11.9. The van der Waals surface area contributed by atoms with Crippen molar-refractivity contribution in [2.45, 2.75) is 26.4 Å². The molecule has 8 heteroatoms. The second-order valence-corrected chi connectivity index (χ2v) is 6.53. The Balaban J connectivity index is 2.95. The lowest BCUT2D eigenvalue weighted by molar-refractivity contribution is 0.558. The zero-order valence-electron chi connectivity index (χ0n) is 10.9. The molecule has 0 aliphatic heterocycles. The quantitative estimate of drug-likeness (QED) is 0.678. The highest BCUT2D eigenvalue weighted by Crippen LogP contribution is 1.94. The Kier molecular flexibility index (Phi) is 5.49. The number of nitrogens with two attached hydrogens (primary N) is 1. The zero-order valence-corrected chi connectivity index (χ0v) is 11.7. The van der Waals surface area contributed by atoms with E-state index in [1.165, 1.54) is 16.8 Å². The predicted molar refractivity (Wildman–Crippen MR) is 73.0 cm³/mol. The van der Waals surface area contributed by atoms with Gasteiger partial charge in [0.15, 0.2) is 9.84 Å². The maximum absolute atomic E-state index is 11.9. The maximum Gasteiger partial charge on any atom is 0.331 e. The van der Waals surface area contributed by atoms with Crippen molar-refractivity contribution in [2.24, 2.45) is 5.73 Å². The second-order valence-electron chi connectivity index (χ2n) is 4.22. The summed E-state index contributed by atoms with van der Waals surface area (Å²) in [6.07, 6.45) is 1.86. The third kappa shape index (κ3) is 4.32. The van der Waals surface area contributed by atoms with E-state index in [0.717, 1.165) is 4.57 Å². The van der Waals surface area contributed by atoms with E-state index in [-0.39, 0.29) is 31.1 Å². The van der Waals surface area contributed by atoms with Gasteiger partial charge in [-0.2, -0.15) is 0 Å². The van der Waals surface area contributed by atoms with Crippen molar-refractivity contribution >= 4 is 9.84 Å². The van der Waals surface area contributed by atoms with Crippen LogP contribution in [0, 0.1) is 0 Å². The highest BCUT2D eigenvalue weighted by molar-refractivity contribution is 7.91. The fourth-order valence-electron chi connectivity index (χ4n) is 1.71. The lowest BCUT2D eigenvalue weighted by Gasteiger charge is -2.09. The average Bonchev–Trinajstić information content (AvgIpc) is 2.33. The minimum atomic E-state index is -3.15. The minimum Gasteiger partial charge on any atom is -0.329 e. The van der Waals surface area contributed by atoms with Crippen LogP contribution in [-0.4, -0.2) is 35.6 Å². The fraction of sp³-hybridized carbons (Fsp3) is 0.636. The predicted octanol–water partition coefficient (Wildman–Crippen LogP) is -1.21. The SMILES string of the molecule is CCCS(=O)(=O)CCn1ccc(=O)n(CCN)c1=O. The zero-order chi connectivity index (χ0) is 14.5. The summed E-state index contributed by atoms with van der Waals surface area (Å²) in [4.78, 5) is 23.4. The van der Waals surface area contributed by atoms with Gasteiger partial charge in [-0.3, -0.25) is 13.9 Å². The molecule has 0 aliphatic rings. The third-order valence-corrected chi connectivity index (χ3v) is 4.49. The Labute approximate surface area is 111 Å². The van der Waals surface area contributed by atoms with E-state index < -0.39 is 21.1 Å². The summed E-state index contributed by atoms with van der Waals surface area (Å²) >= 11 is 0. The van der Waals surface area contributed by atoms with Crippen LogP contribution in [-0.2, 0) is 22.9 Å². The summed E-state index contributed by atoms with van der Waals surface area (Å²) in [5, 5.41) is 0. The Morgan fingerprint density at radius 3 is 2.47 bits per heavy atom. The Hall–Kier alpha value is -1.41. The summed E-state index contributed by atoms with van der Waals surface area (Å²) in [5.41, 5.74) is 4.38. The summed E-state index contributed by atoms with van der Waals surface area (Å²) in [7, 11) is -3.15. The molecule has 7 nitrogen and oxygen atoms in total. The van der Waals surface area contributed by atoms with Gasteiger partial charge in [-0.25, -0.2) is 13.2 Å². The summed E-state index contributed by atoms with van der Waals surface area (Å²) < 4.78 is 25.4. The second kappa shape index (κ2) is 6.67. The smallest absolute Gasteiger partial charge is 0.329 e. The van der Waals surface area contributed by atoms with Crippen LogP contribution in [0.5, 0.6) is 0 Å². The van der Waals surface area contributed by atoms with Crippen molar-refractivity contribution in [3.8, 4) is 0 Å². The number of sulfone groups is 1. The number of aromatic nitrogens is 2. The molecule has 1 heterocycles. The first-order valence-electron chi connectivity index (χ1n) is 6.12. The number of rotatable bonds is 7. The van der Waals surface area contributed by atoms with Gasteiger partial charge in [0.05, 0.1) is 5.75 Å². The molecule has 108 valence electrons. The van der Waals surface area contributed by atoms with Crippen LogP contribution in [0.15, 0.2) is 21.9 Å². The van der Waals surface area contributed by atoms with Gasteiger partial charge >= 0.3 is 5.69 Å². The molecule has 0 aliphatic carbocycles. The fourth-order valence-corrected chi connectivity index (χ4v) is 3.01. The van der Waals surface area contributed by atoms with Crippen LogP contribution in [0.3, 0.4) is 0 Å². The van der Waals surface area contributed by atoms with Gasteiger partial charge < -0.3 is 5.73 Å². The minimum absolute atomic E-state index is 0.0476. The Bertz CT molecular complexity index is 630. The van der Waals surface area contributed by atoms with E-state index in [9.17, 15) is 18.0 Å². The molecular weight excluding hydrogens is 270 g/mol. The van der Waals surface area contributed by atoms with Gasteiger partial charge in [0.25, 0.3) is 5.56 Å². The van der Waals surface area contributed by atoms with Gasteiger partial charge in [0.1, 0.15) is 0 Å². The van der Waals surface area contributed by atoms with Crippen LogP contribution in [0.25, 0.3) is 0 Å². The molecular formula is C11H19N3O4S. The first kappa shape index (κ1) is 15.6. The van der Waals surface area contributed by atoms with E-state index in [1.54, 1.807) is 6.92 Å². The highest BCUT2D eigenvalue weighted by Gasteiger charge is 2.11. The summed E-state index contributed by atoms with van der Waals surface area (Å²) in [6.45, 7) is 2.13. The van der Waals surface area contributed by atoms with Crippen LogP contribution >= 0.6 is 0 Å². The van der Waals surface area contributed by atoms with Crippen molar-refractivity contribution in [2.75, 3.05) is 18.1 Å². The van der Waals surface area contributed by atoms with E-state index in [1.807, 2.05) is 0 Å². The standard InChI is InChI=1S/C11H19N3O4S/c1-2-8-19(17,18)9-7-13-5-3-10(15)14(6-4-12)11(13)16/h3,5H,2,4,6-9,12H2,1H3. The van der Waals surface area contributed by atoms with Gasteiger partial charge in [0.2, 0.25) is 0 Å². The number of aryl methyl sites for hydroxylation is 1. The molecule has 0 bridgehead atoms. The van der Waals surface area contributed by atoms with Crippen LogP contribution in [0.2, 0.25) is 0 Å². The molecule has 0 unspecified atom stereocenters. The van der Waals surface area contributed by atoms with Crippen molar-refractivity contribution < 1.29 is 8.42 Å². The summed E-state index contributed by atoms with van der Waals surface area (Å²) in [6, 6.07) is 1.24. The molecule has 0 saturated heterocycles. The third-order valence-electron chi connectivity index (χ3n) is 2.65. The van der Waals surface area contributed by atoms with E-state index in [0.29, 0.717) is 6.42 Å². The average molecular weight is 289 g/mol. The van der Waals surface area contributed by atoms with Crippen molar-refractivity contribution in [1.82, 2.24) is 9.13 Å². The lowest BCUT2D eigenvalue weighted by atomic mass is 10.5. The molecule has 0 amide bonds. The van der Waals surface area contributed by atoms with E-state index in [4.69, 9.17) is 5.73 Å². The molecule has 19 heavy (non-hydrogen) atoms. The first-order valence-corrected chi connectivity index (χ1v) is 7.94. The lowest BCUT2D eigenvalue weighted by Crippen LogP contribution is -2.41. The normalized spacial score (nSPS) is 11.7. The summed E-state index contributed by atoms with van der Waals surface area (Å²) in [5.74, 6) is -0.00817. The highest BCUT2D eigenvalue weighted by atomic mass is 32.2. The molecule has 0 atom stereocenters. The molecule has 0 spiro atoms. The van der Waals surface area contributed by atoms with Gasteiger partial charge in [0, 0.05) is 37.7 Å². The molecule has 1 aromatic heterocycles.